The van der Waals surface area contributed by atoms with E-state index in [1.165, 1.54) is 6.42 Å². The zero-order valence-corrected chi connectivity index (χ0v) is 11.0. The molecule has 2 heterocycles. The lowest BCUT2D eigenvalue weighted by molar-refractivity contribution is 0.0986. The van der Waals surface area contributed by atoms with Crippen LogP contribution in [-0.2, 0) is 0 Å². The number of hydrogen-bond acceptors (Lipinski definition) is 3. The number of likely N-dealkylation sites (tertiary alicyclic amines) is 1. The fraction of sp³-hybridized carbons (Fsp3) is 0.846. The third kappa shape index (κ3) is 1.72. The number of hydrogen-bond donors (Lipinski definition) is 2. The second-order valence-electron chi connectivity index (χ2n) is 5.78. The summed E-state index contributed by atoms with van der Waals surface area (Å²) in [4.78, 5) is 16.4. The number of amides is 2. The summed E-state index contributed by atoms with van der Waals surface area (Å²) >= 11 is 0. The highest BCUT2D eigenvalue weighted by Gasteiger charge is 2.55. The maximum Gasteiger partial charge on any atom is 0.323 e. The van der Waals surface area contributed by atoms with Gasteiger partial charge in [-0.25, -0.2) is 4.79 Å². The zero-order chi connectivity index (χ0) is 12.8. The Morgan fingerprint density at radius 1 is 1.39 bits per heavy atom. The summed E-state index contributed by atoms with van der Waals surface area (Å²) < 4.78 is 0. The Morgan fingerprint density at radius 2 is 2.06 bits per heavy atom. The lowest BCUT2D eigenvalue weighted by Crippen LogP contribution is -2.57. The van der Waals surface area contributed by atoms with Crippen molar-refractivity contribution in [2.75, 3.05) is 19.6 Å². The highest BCUT2D eigenvalue weighted by molar-refractivity contribution is 6.08. The molecule has 3 fully saturated rings. The number of urea groups is 1. The van der Waals surface area contributed by atoms with Crippen molar-refractivity contribution in [1.82, 2.24) is 15.1 Å². The predicted molar refractivity (Wildman–Crippen MR) is 69.8 cm³/mol. The van der Waals surface area contributed by atoms with E-state index >= 15 is 0 Å². The molecule has 2 saturated heterocycles. The van der Waals surface area contributed by atoms with Gasteiger partial charge in [-0.15, -0.1) is 0 Å². The van der Waals surface area contributed by atoms with E-state index in [0.29, 0.717) is 11.9 Å². The molecule has 1 aliphatic carbocycles. The number of nitrogens with zero attached hydrogens (tertiary/aromatic N) is 2. The van der Waals surface area contributed by atoms with Gasteiger partial charge in [0, 0.05) is 19.1 Å². The van der Waals surface area contributed by atoms with Crippen LogP contribution >= 0.6 is 0 Å². The summed E-state index contributed by atoms with van der Waals surface area (Å²) in [5.74, 6) is 0.440. The Hall–Kier alpha value is -1.10. The highest BCUT2D eigenvalue weighted by atomic mass is 16.2. The van der Waals surface area contributed by atoms with E-state index in [0.717, 1.165) is 45.3 Å². The highest BCUT2D eigenvalue weighted by Crippen LogP contribution is 2.41. The van der Waals surface area contributed by atoms with Crippen LogP contribution in [0.15, 0.2) is 0 Å². The van der Waals surface area contributed by atoms with E-state index in [4.69, 9.17) is 5.41 Å². The maximum atomic E-state index is 12.0. The molecule has 2 N–H and O–H groups in total. The van der Waals surface area contributed by atoms with Crippen molar-refractivity contribution in [3.05, 3.63) is 0 Å². The Morgan fingerprint density at radius 3 is 2.61 bits per heavy atom. The zero-order valence-electron chi connectivity index (χ0n) is 11.0. The molecule has 0 radical (unpaired) electrons. The molecule has 0 aromatic carbocycles. The fourth-order valence-electron chi connectivity index (χ4n) is 3.40. The summed E-state index contributed by atoms with van der Waals surface area (Å²) in [7, 11) is 0. The Kier molecular flexibility index (Phi) is 2.81. The summed E-state index contributed by atoms with van der Waals surface area (Å²) in [6, 6.07) is 0.358. The number of carbonyl (C=O) groups is 1. The monoisotopic (exact) mass is 250 g/mol. The maximum absolute atomic E-state index is 12.0. The Balaban J connectivity index is 1.76. The first-order valence-corrected chi connectivity index (χ1v) is 7.09. The smallest absolute Gasteiger partial charge is 0.309 e. The molecule has 3 rings (SSSR count). The first-order chi connectivity index (χ1) is 8.67. The summed E-state index contributed by atoms with van der Waals surface area (Å²) in [5.41, 5.74) is -0.303. The van der Waals surface area contributed by atoms with Crippen LogP contribution in [0.2, 0.25) is 0 Å². The van der Waals surface area contributed by atoms with Crippen molar-refractivity contribution >= 4 is 11.9 Å². The Labute approximate surface area is 108 Å². The third-order valence-electron chi connectivity index (χ3n) is 4.51. The third-order valence-corrected chi connectivity index (χ3v) is 4.51. The van der Waals surface area contributed by atoms with Crippen LogP contribution in [0.3, 0.4) is 0 Å². The van der Waals surface area contributed by atoms with Crippen LogP contribution < -0.4 is 5.32 Å². The molecule has 0 unspecified atom stereocenters. The van der Waals surface area contributed by atoms with Crippen molar-refractivity contribution in [3.63, 3.8) is 0 Å². The molecule has 2 amide bonds. The van der Waals surface area contributed by atoms with Gasteiger partial charge in [0.05, 0.1) is 0 Å². The number of nitrogens with one attached hydrogen (secondary N) is 2. The van der Waals surface area contributed by atoms with Gasteiger partial charge >= 0.3 is 6.03 Å². The largest absolute Gasteiger partial charge is 0.323 e. The van der Waals surface area contributed by atoms with Gasteiger partial charge in [-0.2, -0.15) is 0 Å². The van der Waals surface area contributed by atoms with Crippen molar-refractivity contribution in [1.29, 1.82) is 5.41 Å². The quantitative estimate of drug-likeness (QED) is 0.795. The topological polar surface area (TPSA) is 59.4 Å². The van der Waals surface area contributed by atoms with Crippen LogP contribution in [-0.4, -0.2) is 52.9 Å². The molecule has 2 aliphatic heterocycles. The molecule has 1 saturated carbocycles. The van der Waals surface area contributed by atoms with E-state index in [9.17, 15) is 4.79 Å². The van der Waals surface area contributed by atoms with Gasteiger partial charge in [-0.3, -0.25) is 10.7 Å². The van der Waals surface area contributed by atoms with Gasteiger partial charge in [0.1, 0.15) is 11.4 Å². The van der Waals surface area contributed by atoms with Crippen molar-refractivity contribution in [2.45, 2.75) is 50.6 Å². The standard InChI is InChI=1S/C13H22N4O/c1-2-7-16-8-5-13(6-9-16)11(14)15-12(18)17(13)10-3-4-10/h10H,2-9H2,1H3,(H2,14,15,18). The minimum atomic E-state index is -0.303. The molecule has 0 atom stereocenters. The van der Waals surface area contributed by atoms with Gasteiger partial charge in [-0.05, 0) is 38.6 Å². The average Bonchev–Trinajstić information content (AvgIpc) is 3.13. The van der Waals surface area contributed by atoms with Crippen LogP contribution in [0, 0.1) is 5.41 Å². The predicted octanol–water partition coefficient (Wildman–Crippen LogP) is 1.40. The molecule has 1 spiro atoms. The SMILES string of the molecule is CCCN1CCC2(CC1)C(=N)NC(=O)N2C1CC1. The number of amidine groups is 1. The molecular weight excluding hydrogens is 228 g/mol. The molecule has 0 aromatic rings. The second kappa shape index (κ2) is 4.23. The minimum Gasteiger partial charge on any atom is -0.309 e. The van der Waals surface area contributed by atoms with Gasteiger partial charge in [0.2, 0.25) is 0 Å². The second-order valence-corrected chi connectivity index (χ2v) is 5.78. The summed E-state index contributed by atoms with van der Waals surface area (Å²) in [6.45, 7) is 5.35. The van der Waals surface area contributed by atoms with E-state index in [-0.39, 0.29) is 11.6 Å². The van der Waals surface area contributed by atoms with Crippen molar-refractivity contribution in [2.24, 2.45) is 0 Å². The van der Waals surface area contributed by atoms with Gasteiger partial charge in [0.15, 0.2) is 0 Å². The van der Waals surface area contributed by atoms with Crippen molar-refractivity contribution < 1.29 is 4.79 Å². The molecule has 0 bridgehead atoms. The Bertz CT molecular complexity index is 369. The van der Waals surface area contributed by atoms with Gasteiger partial charge in [-0.1, -0.05) is 6.92 Å². The summed E-state index contributed by atoms with van der Waals surface area (Å²) in [6.07, 6.45) is 5.23. The lowest BCUT2D eigenvalue weighted by Gasteiger charge is -2.43. The average molecular weight is 250 g/mol. The van der Waals surface area contributed by atoms with E-state index in [1.807, 2.05) is 4.90 Å². The minimum absolute atomic E-state index is 0.0357. The first-order valence-electron chi connectivity index (χ1n) is 7.09. The van der Waals surface area contributed by atoms with Crippen LogP contribution in [0.1, 0.15) is 39.0 Å². The molecule has 0 aromatic heterocycles. The molecule has 3 aliphatic rings. The first kappa shape index (κ1) is 12.0. The number of rotatable bonds is 3. The summed E-state index contributed by atoms with van der Waals surface area (Å²) in [5, 5.41) is 10.9. The molecular formula is C13H22N4O. The lowest BCUT2D eigenvalue weighted by atomic mass is 9.85. The van der Waals surface area contributed by atoms with Crippen LogP contribution in [0.4, 0.5) is 4.79 Å². The molecule has 18 heavy (non-hydrogen) atoms. The van der Waals surface area contributed by atoms with Crippen molar-refractivity contribution in [3.8, 4) is 0 Å². The van der Waals surface area contributed by atoms with Gasteiger partial charge in [0.25, 0.3) is 0 Å². The van der Waals surface area contributed by atoms with E-state index in [1.54, 1.807) is 0 Å². The van der Waals surface area contributed by atoms with Gasteiger partial charge < -0.3 is 9.80 Å². The molecule has 100 valence electrons. The number of carbonyl (C=O) groups excluding carboxylic acids is 1. The van der Waals surface area contributed by atoms with E-state index < -0.39 is 0 Å². The van der Waals surface area contributed by atoms with Crippen LogP contribution in [0.25, 0.3) is 0 Å². The normalized spacial score (nSPS) is 27.9. The molecule has 5 nitrogen and oxygen atoms in total. The fourth-order valence-corrected chi connectivity index (χ4v) is 3.40. The van der Waals surface area contributed by atoms with Crippen LogP contribution in [0.5, 0.6) is 0 Å². The molecule has 5 heteroatoms. The van der Waals surface area contributed by atoms with E-state index in [2.05, 4.69) is 17.1 Å². The number of piperidine rings is 1.